The van der Waals surface area contributed by atoms with Crippen molar-refractivity contribution in [1.82, 2.24) is 5.32 Å². The molecule has 0 heterocycles. The molecule has 0 radical (unpaired) electrons. The molecule has 0 aromatic heterocycles. The van der Waals surface area contributed by atoms with Crippen LogP contribution >= 0.6 is 11.8 Å². The van der Waals surface area contributed by atoms with Gasteiger partial charge in [-0.3, -0.25) is 9.59 Å². The Bertz CT molecular complexity index is 224. The SMILES string of the molecule is O=C(O)CCCCC(=O)NCCSCCCO. The van der Waals surface area contributed by atoms with Crippen LogP contribution in [0.4, 0.5) is 0 Å². The second-order valence-corrected chi connectivity index (χ2v) is 4.87. The first kappa shape index (κ1) is 16.2. The fourth-order valence-corrected chi connectivity index (χ4v) is 1.97. The first-order valence-electron chi connectivity index (χ1n) is 5.84. The van der Waals surface area contributed by atoms with E-state index in [1.807, 2.05) is 0 Å². The Kier molecular flexibility index (Phi) is 11.2. The number of carboxylic acids is 1. The van der Waals surface area contributed by atoms with Gasteiger partial charge in [0.1, 0.15) is 0 Å². The van der Waals surface area contributed by atoms with E-state index in [1.54, 1.807) is 11.8 Å². The first-order chi connectivity index (χ1) is 8.16. The Balaban J connectivity index is 3.20. The number of amides is 1. The normalized spacial score (nSPS) is 10.2. The summed E-state index contributed by atoms with van der Waals surface area (Å²) in [6, 6.07) is 0. The summed E-state index contributed by atoms with van der Waals surface area (Å²) in [4.78, 5) is 21.5. The number of unbranched alkanes of at least 4 members (excludes halogenated alkanes) is 1. The van der Waals surface area contributed by atoms with Gasteiger partial charge in [-0.25, -0.2) is 0 Å². The minimum Gasteiger partial charge on any atom is -0.481 e. The Morgan fingerprint density at radius 3 is 2.41 bits per heavy atom. The maximum atomic E-state index is 11.3. The highest BCUT2D eigenvalue weighted by Gasteiger charge is 2.02. The molecule has 0 aromatic rings. The first-order valence-corrected chi connectivity index (χ1v) is 6.99. The zero-order chi connectivity index (χ0) is 12.9. The van der Waals surface area contributed by atoms with Crippen LogP contribution in [-0.4, -0.2) is 46.7 Å². The van der Waals surface area contributed by atoms with Crippen LogP contribution in [0.15, 0.2) is 0 Å². The minimum atomic E-state index is -0.814. The van der Waals surface area contributed by atoms with Gasteiger partial charge in [-0.15, -0.1) is 0 Å². The van der Waals surface area contributed by atoms with Crippen molar-refractivity contribution in [3.05, 3.63) is 0 Å². The summed E-state index contributed by atoms with van der Waals surface area (Å²) in [6.07, 6.45) is 2.48. The van der Waals surface area contributed by atoms with Crippen molar-refractivity contribution in [3.8, 4) is 0 Å². The Morgan fingerprint density at radius 1 is 1.06 bits per heavy atom. The third kappa shape index (κ3) is 13.2. The van der Waals surface area contributed by atoms with Crippen LogP contribution in [0.1, 0.15) is 32.1 Å². The maximum Gasteiger partial charge on any atom is 0.303 e. The van der Waals surface area contributed by atoms with Gasteiger partial charge < -0.3 is 15.5 Å². The van der Waals surface area contributed by atoms with Crippen LogP contribution in [0.2, 0.25) is 0 Å². The third-order valence-electron chi connectivity index (χ3n) is 2.06. The van der Waals surface area contributed by atoms with Crippen LogP contribution in [0, 0.1) is 0 Å². The number of carbonyl (C=O) groups is 2. The molecule has 0 bridgehead atoms. The fourth-order valence-electron chi connectivity index (χ4n) is 1.18. The van der Waals surface area contributed by atoms with E-state index in [-0.39, 0.29) is 18.9 Å². The molecule has 0 unspecified atom stereocenters. The summed E-state index contributed by atoms with van der Waals surface area (Å²) in [5, 5.41) is 19.7. The number of carbonyl (C=O) groups excluding carboxylic acids is 1. The number of aliphatic carboxylic acids is 1. The lowest BCUT2D eigenvalue weighted by atomic mass is 10.2. The highest BCUT2D eigenvalue weighted by atomic mass is 32.2. The van der Waals surface area contributed by atoms with Crippen LogP contribution < -0.4 is 5.32 Å². The Morgan fingerprint density at radius 2 is 1.76 bits per heavy atom. The highest BCUT2D eigenvalue weighted by Crippen LogP contribution is 2.01. The van der Waals surface area contributed by atoms with Crippen LogP contribution in [0.25, 0.3) is 0 Å². The maximum absolute atomic E-state index is 11.3. The minimum absolute atomic E-state index is 0.0156. The molecule has 3 N–H and O–H groups in total. The Hall–Kier alpha value is -0.750. The van der Waals surface area contributed by atoms with E-state index in [0.29, 0.717) is 25.8 Å². The average molecular weight is 263 g/mol. The highest BCUT2D eigenvalue weighted by molar-refractivity contribution is 7.99. The zero-order valence-corrected chi connectivity index (χ0v) is 10.8. The Labute approximate surface area is 106 Å². The predicted octanol–water partition coefficient (Wildman–Crippen LogP) is 0.863. The number of hydrogen-bond donors (Lipinski definition) is 3. The number of aliphatic hydroxyl groups is 1. The predicted molar refractivity (Wildman–Crippen MR) is 68.1 cm³/mol. The van der Waals surface area contributed by atoms with Gasteiger partial charge in [0.05, 0.1) is 0 Å². The van der Waals surface area contributed by atoms with Gasteiger partial charge in [0, 0.05) is 31.7 Å². The van der Waals surface area contributed by atoms with Crippen molar-refractivity contribution in [3.63, 3.8) is 0 Å². The van der Waals surface area contributed by atoms with Gasteiger partial charge in [0.15, 0.2) is 0 Å². The molecule has 0 aliphatic rings. The van der Waals surface area contributed by atoms with E-state index in [0.717, 1.165) is 17.9 Å². The molecule has 6 heteroatoms. The second-order valence-electron chi connectivity index (χ2n) is 3.64. The zero-order valence-electron chi connectivity index (χ0n) is 9.98. The van der Waals surface area contributed by atoms with E-state index in [1.165, 1.54) is 0 Å². The molecular formula is C11H21NO4S. The molecule has 5 nitrogen and oxygen atoms in total. The third-order valence-corrected chi connectivity index (χ3v) is 3.13. The second kappa shape index (κ2) is 11.7. The number of carboxylic acid groups (broad SMARTS) is 1. The van der Waals surface area contributed by atoms with Crippen molar-refractivity contribution in [2.24, 2.45) is 0 Å². The van der Waals surface area contributed by atoms with Gasteiger partial charge in [-0.1, -0.05) is 0 Å². The van der Waals surface area contributed by atoms with Gasteiger partial charge in [0.25, 0.3) is 0 Å². The summed E-state index contributed by atoms with van der Waals surface area (Å²) >= 11 is 1.70. The molecule has 0 fully saturated rings. The van der Waals surface area contributed by atoms with Crippen molar-refractivity contribution < 1.29 is 19.8 Å². The summed E-state index contributed by atoms with van der Waals surface area (Å²) < 4.78 is 0. The van der Waals surface area contributed by atoms with E-state index in [4.69, 9.17) is 10.2 Å². The summed E-state index contributed by atoms with van der Waals surface area (Å²) in [5.41, 5.74) is 0. The van der Waals surface area contributed by atoms with E-state index in [9.17, 15) is 9.59 Å². The molecule has 0 aromatic carbocycles. The van der Waals surface area contributed by atoms with Crippen LogP contribution in [0.3, 0.4) is 0 Å². The summed E-state index contributed by atoms with van der Waals surface area (Å²) in [5.74, 6) is 0.926. The largest absolute Gasteiger partial charge is 0.481 e. The smallest absolute Gasteiger partial charge is 0.303 e. The molecule has 0 atom stereocenters. The average Bonchev–Trinajstić information content (AvgIpc) is 2.29. The van der Waals surface area contributed by atoms with Crippen LogP contribution in [-0.2, 0) is 9.59 Å². The number of thioether (sulfide) groups is 1. The quantitative estimate of drug-likeness (QED) is 0.481. The number of nitrogens with one attached hydrogen (secondary N) is 1. The van der Waals surface area contributed by atoms with Gasteiger partial charge >= 0.3 is 5.97 Å². The standard InChI is InChI=1S/C11H21NO4S/c13-7-3-8-17-9-6-12-10(14)4-1-2-5-11(15)16/h13H,1-9H2,(H,12,14)(H,15,16). The van der Waals surface area contributed by atoms with E-state index < -0.39 is 5.97 Å². The number of hydrogen-bond acceptors (Lipinski definition) is 4. The molecule has 17 heavy (non-hydrogen) atoms. The van der Waals surface area contributed by atoms with Crippen molar-refractivity contribution in [1.29, 1.82) is 0 Å². The summed E-state index contributed by atoms with van der Waals surface area (Å²) in [6.45, 7) is 0.844. The lowest BCUT2D eigenvalue weighted by molar-refractivity contribution is -0.137. The number of aliphatic hydroxyl groups excluding tert-OH is 1. The van der Waals surface area contributed by atoms with Gasteiger partial charge in [-0.05, 0) is 25.0 Å². The molecule has 0 aliphatic carbocycles. The van der Waals surface area contributed by atoms with Gasteiger partial charge in [0.2, 0.25) is 5.91 Å². The van der Waals surface area contributed by atoms with Crippen molar-refractivity contribution in [2.45, 2.75) is 32.1 Å². The molecular weight excluding hydrogens is 242 g/mol. The van der Waals surface area contributed by atoms with E-state index in [2.05, 4.69) is 5.32 Å². The van der Waals surface area contributed by atoms with Crippen LogP contribution in [0.5, 0.6) is 0 Å². The molecule has 0 spiro atoms. The molecule has 0 saturated heterocycles. The topological polar surface area (TPSA) is 86.6 Å². The van der Waals surface area contributed by atoms with E-state index >= 15 is 0 Å². The molecule has 0 aliphatic heterocycles. The van der Waals surface area contributed by atoms with Crippen molar-refractivity contribution >= 4 is 23.6 Å². The molecule has 0 saturated carbocycles. The number of rotatable bonds is 11. The monoisotopic (exact) mass is 263 g/mol. The summed E-state index contributed by atoms with van der Waals surface area (Å²) in [7, 11) is 0. The molecule has 100 valence electrons. The lowest BCUT2D eigenvalue weighted by Gasteiger charge is -2.04. The fraction of sp³-hybridized carbons (Fsp3) is 0.818. The molecule has 1 amide bonds. The van der Waals surface area contributed by atoms with Gasteiger partial charge in [-0.2, -0.15) is 11.8 Å². The molecule has 0 rings (SSSR count). The van der Waals surface area contributed by atoms with Crippen molar-refractivity contribution in [2.75, 3.05) is 24.7 Å². The lowest BCUT2D eigenvalue weighted by Crippen LogP contribution is -2.25.